The number of likely N-dealkylation sites (N-methyl/N-ethyl adjacent to an activating group) is 1. The number of nitrogens with one attached hydrogen (secondary N) is 3. The summed E-state index contributed by atoms with van der Waals surface area (Å²) in [7, 11) is -5.84. The number of fused-ring (bicyclic) bond motifs is 3. The van der Waals surface area contributed by atoms with E-state index >= 15 is 0 Å². The number of alkyl halides is 2. The summed E-state index contributed by atoms with van der Waals surface area (Å²) in [6.07, 6.45) is 2.01. The Kier molecular flexibility index (Phi) is 15.0. The molecule has 0 bridgehead atoms. The summed E-state index contributed by atoms with van der Waals surface area (Å²) in [4.78, 5) is 119. The molecule has 5 N–H and O–H groups in total. The molecule has 0 aliphatic carbocycles. The Labute approximate surface area is 413 Å². The highest BCUT2D eigenvalue weighted by Crippen LogP contribution is 2.59. The molecule has 4 aromatic rings. The third kappa shape index (κ3) is 10.6. The van der Waals surface area contributed by atoms with Gasteiger partial charge in [-0.05, 0) is 97.8 Å². The van der Waals surface area contributed by atoms with E-state index in [0.717, 1.165) is 27.9 Å². The van der Waals surface area contributed by atoms with Gasteiger partial charge in [0.15, 0.2) is 0 Å². The molecule has 7 amide bonds. The van der Waals surface area contributed by atoms with Gasteiger partial charge in [-0.3, -0.25) is 43.4 Å². The molecule has 4 atom stereocenters. The minimum Gasteiger partial charge on any atom is -0.355 e. The van der Waals surface area contributed by atoms with Crippen LogP contribution in [0.5, 0.6) is 0 Å². The third-order valence-corrected chi connectivity index (χ3v) is 15.7. The van der Waals surface area contributed by atoms with Crippen molar-refractivity contribution in [2.24, 2.45) is 0 Å². The van der Waals surface area contributed by atoms with E-state index in [4.69, 9.17) is 0 Å². The van der Waals surface area contributed by atoms with Crippen LogP contribution in [0.4, 0.5) is 14.5 Å². The van der Waals surface area contributed by atoms with Gasteiger partial charge in [-0.25, -0.2) is 0 Å². The first-order valence-corrected chi connectivity index (χ1v) is 26.0. The number of piperidine rings is 1. The second-order valence-corrected chi connectivity index (χ2v) is 21.1. The van der Waals surface area contributed by atoms with Crippen molar-refractivity contribution in [3.8, 4) is 11.8 Å². The first-order valence-electron chi connectivity index (χ1n) is 22.8. The van der Waals surface area contributed by atoms with Gasteiger partial charge in [-0.2, -0.15) is 8.78 Å². The Hall–Kier alpha value is -5.88. The van der Waals surface area contributed by atoms with Crippen LogP contribution in [0.2, 0.25) is 0 Å². The van der Waals surface area contributed by atoms with E-state index in [1.54, 1.807) is 47.4 Å². The summed E-state index contributed by atoms with van der Waals surface area (Å²) in [6.45, 7) is 3.56. The van der Waals surface area contributed by atoms with Crippen LogP contribution in [0.1, 0.15) is 88.6 Å². The Morgan fingerprint density at radius 2 is 1.79 bits per heavy atom. The lowest BCUT2D eigenvalue weighted by atomic mass is 10.0. The molecule has 0 radical (unpaired) electrons. The van der Waals surface area contributed by atoms with Gasteiger partial charge in [0.2, 0.25) is 29.5 Å². The van der Waals surface area contributed by atoms with Crippen molar-refractivity contribution in [2.75, 3.05) is 37.6 Å². The van der Waals surface area contributed by atoms with Crippen molar-refractivity contribution < 1.29 is 56.7 Å². The van der Waals surface area contributed by atoms with E-state index in [9.17, 15) is 56.7 Å². The summed E-state index contributed by atoms with van der Waals surface area (Å²) in [5.74, 6) is 3.09. The lowest BCUT2D eigenvalue weighted by Crippen LogP contribution is -2.61. The van der Waals surface area contributed by atoms with E-state index in [2.05, 4.69) is 43.7 Å². The van der Waals surface area contributed by atoms with Crippen molar-refractivity contribution in [3.63, 3.8) is 0 Å². The van der Waals surface area contributed by atoms with Crippen LogP contribution in [-0.2, 0) is 40.7 Å². The fraction of sp³-hybridized carbons (Fsp3) is 0.396. The zero-order valence-electron chi connectivity index (χ0n) is 37.8. The molecule has 1 aromatic heterocycles. The van der Waals surface area contributed by atoms with Gasteiger partial charge in [0.1, 0.15) is 18.1 Å². The molecular weight excluding hydrogens is 1020 g/mol. The number of anilines is 1. The van der Waals surface area contributed by atoms with Gasteiger partial charge < -0.3 is 40.0 Å². The molecule has 368 valence electrons. The summed E-state index contributed by atoms with van der Waals surface area (Å²) in [5.41, 5.74) is -3.09. The van der Waals surface area contributed by atoms with Crippen LogP contribution in [0.3, 0.4) is 0 Å². The summed E-state index contributed by atoms with van der Waals surface area (Å²) in [6, 6.07) is 13.5. The number of hydrogen-bond acceptors (Lipinski definition) is 10. The number of hydrogen-bond donors (Lipinski definition) is 5. The normalized spacial score (nSPS) is 20.8. The molecule has 5 heterocycles. The van der Waals surface area contributed by atoms with Gasteiger partial charge in [-0.1, -0.05) is 46.8 Å². The van der Waals surface area contributed by atoms with Crippen LogP contribution in [0.15, 0.2) is 71.2 Å². The molecule has 4 aliphatic heterocycles. The molecule has 70 heavy (non-hydrogen) atoms. The van der Waals surface area contributed by atoms with Crippen molar-refractivity contribution in [2.45, 2.75) is 88.2 Å². The molecule has 22 heteroatoms. The van der Waals surface area contributed by atoms with Crippen LogP contribution < -0.4 is 20.9 Å². The highest BCUT2D eigenvalue weighted by Gasteiger charge is 2.51. The lowest BCUT2D eigenvalue weighted by molar-refractivity contribution is -0.142. The van der Waals surface area contributed by atoms with Crippen LogP contribution in [0.25, 0.3) is 10.1 Å². The van der Waals surface area contributed by atoms with Crippen LogP contribution in [-0.4, -0.2) is 123 Å². The molecule has 0 spiro atoms. The van der Waals surface area contributed by atoms with E-state index in [-0.39, 0.29) is 85.9 Å². The molecule has 0 saturated carbocycles. The summed E-state index contributed by atoms with van der Waals surface area (Å²) in [5, 5.41) is 8.14. The molecule has 1 unspecified atom stereocenters. The molecule has 3 aromatic carbocycles. The van der Waals surface area contributed by atoms with Crippen molar-refractivity contribution in [1.82, 2.24) is 30.7 Å². The largest absolute Gasteiger partial charge is 0.399 e. The van der Waals surface area contributed by atoms with E-state index < -0.39 is 60.6 Å². The molecule has 8 rings (SSSR count). The van der Waals surface area contributed by atoms with Crippen molar-refractivity contribution in [3.05, 3.63) is 98.3 Å². The van der Waals surface area contributed by atoms with E-state index in [1.807, 2.05) is 11.8 Å². The minimum atomic E-state index is -5.84. The van der Waals surface area contributed by atoms with Crippen LogP contribution >= 0.6 is 34.9 Å². The minimum absolute atomic E-state index is 0.0213. The molecule has 3 fully saturated rings. The molecule has 17 nitrogen and oxygen atoms in total. The quantitative estimate of drug-likeness (QED) is 0.0529. The number of rotatable bonds is 13. The highest BCUT2D eigenvalue weighted by molar-refractivity contribution is 9.10. The number of benzene rings is 3. The lowest BCUT2D eigenvalue weighted by Gasteiger charge is -2.39. The zero-order valence-corrected chi connectivity index (χ0v) is 41.1. The van der Waals surface area contributed by atoms with Gasteiger partial charge >= 0.3 is 13.3 Å². The third-order valence-electron chi connectivity index (χ3n) is 13.1. The number of amides is 7. The Morgan fingerprint density at radius 1 is 1.01 bits per heavy atom. The Balaban J connectivity index is 0.924. The van der Waals surface area contributed by atoms with Crippen LogP contribution in [0, 0.1) is 11.8 Å². The van der Waals surface area contributed by atoms with E-state index in [1.165, 1.54) is 21.9 Å². The van der Waals surface area contributed by atoms with Gasteiger partial charge in [-0.15, -0.1) is 11.3 Å². The van der Waals surface area contributed by atoms with Gasteiger partial charge in [0, 0.05) is 89.6 Å². The number of nitrogens with zero attached hydrogens (tertiary/aromatic N) is 4. The SMILES string of the molecule is CCN1CC[C@H]2CC[C@@H](C(=O)N(CCC(=O)NCCC#Cc3cccc4c3CN(C3CCC(=O)NC3=O)C4=O)c3ccc(Br)cc3)N2C(=O)[C@@H](NC(=O)c2cc3cc(C(F)(F)P(=O)(O)O)ccc3s2)C1. The van der Waals surface area contributed by atoms with Gasteiger partial charge in [0.25, 0.3) is 11.8 Å². The Morgan fingerprint density at radius 3 is 2.51 bits per heavy atom. The molecular formula is C48H49BrF2N7O10PS. The fourth-order valence-corrected chi connectivity index (χ4v) is 11.1. The predicted molar refractivity (Wildman–Crippen MR) is 258 cm³/mol. The van der Waals surface area contributed by atoms with Crippen molar-refractivity contribution >= 4 is 92.0 Å². The number of imide groups is 1. The monoisotopic (exact) mass is 1060 g/mol. The second-order valence-electron chi connectivity index (χ2n) is 17.5. The fourth-order valence-electron chi connectivity index (χ4n) is 9.41. The van der Waals surface area contributed by atoms with Crippen molar-refractivity contribution in [1.29, 1.82) is 0 Å². The Bertz CT molecular complexity index is 2890. The maximum Gasteiger partial charge on any atom is 0.399 e. The first-order chi connectivity index (χ1) is 33.3. The first kappa shape index (κ1) is 50.5. The smallest absolute Gasteiger partial charge is 0.355 e. The molecule has 4 aliphatic rings. The topological polar surface area (TPSA) is 226 Å². The maximum atomic E-state index is 14.8. The number of thiophene rings is 1. The zero-order chi connectivity index (χ0) is 50.1. The average Bonchev–Trinajstić information content (AvgIpc) is 4.04. The highest BCUT2D eigenvalue weighted by atomic mass is 79.9. The van der Waals surface area contributed by atoms with E-state index in [0.29, 0.717) is 59.4 Å². The second kappa shape index (κ2) is 20.8. The number of carbonyl (C=O) groups excluding carboxylic acids is 7. The molecule has 3 saturated heterocycles. The summed E-state index contributed by atoms with van der Waals surface area (Å²) < 4.78 is 41.8. The average molecular weight is 1060 g/mol. The predicted octanol–water partition coefficient (Wildman–Crippen LogP) is 4.82. The maximum absolute atomic E-state index is 14.8. The summed E-state index contributed by atoms with van der Waals surface area (Å²) >= 11 is 4.40. The van der Waals surface area contributed by atoms with Gasteiger partial charge in [0.05, 0.1) is 4.88 Å². The number of carbonyl (C=O) groups is 7. The standard InChI is InChI=1S/C48H49BrF2N7O10PS/c1-2-55-22-19-33-14-15-38(58(33)46(64)36(27-55)53-44(62)40-25-29-24-30(9-17-39(29)70-40)48(50,51)69(66,67)68)47(65)56(32-12-10-31(49)11-13-32)23-20-41(59)52-21-4-3-6-28-7-5-8-34-35(28)26-57(45(34)63)37-16-18-42(60)54-43(37)61/h5,7-13,17,24-25,33,36-38H,2,4,14-16,18-23,26-27H2,1H3,(H,52,59)(H,53,62)(H,54,60,61)(H2,66,67,68)/t33-,36+,37?,38+/m1/s1. The number of halogens is 3.